The molecule has 2 atom stereocenters. The number of thioether (sulfide) groups is 1. The van der Waals surface area contributed by atoms with E-state index in [1.54, 1.807) is 11.8 Å². The van der Waals surface area contributed by atoms with E-state index in [1.165, 1.54) is 0 Å². The average molecular weight is 211 g/mol. The molecule has 0 amide bonds. The molecule has 1 aromatic carbocycles. The van der Waals surface area contributed by atoms with Crippen LogP contribution in [0.3, 0.4) is 0 Å². The highest BCUT2D eigenvalue weighted by Gasteiger charge is 2.15. The second-order valence-electron chi connectivity index (χ2n) is 3.26. The maximum absolute atomic E-state index is 5.88. The first-order chi connectivity index (χ1) is 6.75. The summed E-state index contributed by atoms with van der Waals surface area (Å²) in [6, 6.07) is 10.1. The Morgan fingerprint density at radius 1 is 1.36 bits per heavy atom. The molecule has 0 aromatic heterocycles. The topological polar surface area (TPSA) is 35.2 Å². The lowest BCUT2D eigenvalue weighted by molar-refractivity contribution is 0.0736. The van der Waals surface area contributed by atoms with E-state index in [0.717, 1.165) is 5.56 Å². The van der Waals surface area contributed by atoms with Crippen molar-refractivity contribution >= 4 is 11.8 Å². The van der Waals surface area contributed by atoms with Gasteiger partial charge in [-0.1, -0.05) is 30.3 Å². The normalized spacial score (nSPS) is 15.1. The van der Waals surface area contributed by atoms with Crippen LogP contribution in [-0.4, -0.2) is 18.2 Å². The molecule has 0 aliphatic heterocycles. The van der Waals surface area contributed by atoms with Gasteiger partial charge in [0.25, 0.3) is 0 Å². The van der Waals surface area contributed by atoms with Gasteiger partial charge >= 0.3 is 0 Å². The maximum atomic E-state index is 5.88. The fourth-order valence-electron chi connectivity index (χ4n) is 1.34. The molecule has 0 aliphatic rings. The van der Waals surface area contributed by atoms with Crippen molar-refractivity contribution in [1.82, 2.24) is 0 Å². The van der Waals surface area contributed by atoms with Crippen molar-refractivity contribution in [2.45, 2.75) is 19.1 Å². The van der Waals surface area contributed by atoms with E-state index in [2.05, 4.69) is 0 Å². The van der Waals surface area contributed by atoms with E-state index in [1.807, 2.05) is 43.5 Å². The zero-order valence-electron chi connectivity index (χ0n) is 8.64. The molecule has 0 spiro atoms. The summed E-state index contributed by atoms with van der Waals surface area (Å²) >= 11 is 1.66. The number of hydrogen-bond acceptors (Lipinski definition) is 3. The first-order valence-electron chi connectivity index (χ1n) is 4.66. The van der Waals surface area contributed by atoms with Crippen LogP contribution in [0.4, 0.5) is 0 Å². The molecule has 0 radical (unpaired) electrons. The number of ether oxygens (including phenoxy) is 1. The molecule has 2 N–H and O–H groups in total. The molecule has 78 valence electrons. The van der Waals surface area contributed by atoms with E-state index in [4.69, 9.17) is 10.5 Å². The van der Waals surface area contributed by atoms with Gasteiger partial charge in [-0.2, -0.15) is 0 Å². The molecule has 1 rings (SSSR count). The van der Waals surface area contributed by atoms with E-state index in [0.29, 0.717) is 5.94 Å². The van der Waals surface area contributed by atoms with E-state index < -0.39 is 0 Å². The van der Waals surface area contributed by atoms with Crippen molar-refractivity contribution < 1.29 is 4.74 Å². The van der Waals surface area contributed by atoms with E-state index in [9.17, 15) is 0 Å². The molecule has 0 heterocycles. The lowest BCUT2D eigenvalue weighted by Crippen LogP contribution is -2.26. The number of rotatable bonds is 5. The van der Waals surface area contributed by atoms with E-state index in [-0.39, 0.29) is 12.1 Å². The summed E-state index contributed by atoms with van der Waals surface area (Å²) in [6.45, 7) is 1.97. The van der Waals surface area contributed by atoms with Crippen LogP contribution in [0, 0.1) is 0 Å². The molecule has 0 aliphatic carbocycles. The molecule has 3 heteroatoms. The van der Waals surface area contributed by atoms with Gasteiger partial charge in [0.05, 0.1) is 12.0 Å². The zero-order chi connectivity index (χ0) is 10.4. The lowest BCUT2D eigenvalue weighted by atomic mass is 10.0. The summed E-state index contributed by atoms with van der Waals surface area (Å²) < 4.78 is 5.68. The van der Waals surface area contributed by atoms with Gasteiger partial charge in [0.2, 0.25) is 0 Å². The van der Waals surface area contributed by atoms with Gasteiger partial charge in [-0.25, -0.2) is 0 Å². The minimum absolute atomic E-state index is 0.00338. The van der Waals surface area contributed by atoms with Crippen LogP contribution in [0.25, 0.3) is 0 Å². The van der Waals surface area contributed by atoms with Gasteiger partial charge in [-0.05, 0) is 18.7 Å². The summed E-state index contributed by atoms with van der Waals surface area (Å²) in [5.74, 6) is 0.682. The summed E-state index contributed by atoms with van der Waals surface area (Å²) in [4.78, 5) is 0. The highest BCUT2D eigenvalue weighted by Crippen LogP contribution is 2.20. The van der Waals surface area contributed by atoms with Gasteiger partial charge in [0.15, 0.2) is 0 Å². The van der Waals surface area contributed by atoms with Crippen molar-refractivity contribution in [2.24, 2.45) is 5.73 Å². The number of hydrogen-bond donors (Lipinski definition) is 1. The fraction of sp³-hybridized carbons (Fsp3) is 0.455. The molecule has 0 saturated heterocycles. The van der Waals surface area contributed by atoms with Gasteiger partial charge in [-0.15, -0.1) is 11.8 Å². The second-order valence-corrected chi connectivity index (χ2v) is 4.08. The SMILES string of the molecule is CSCO[C@H](c1ccccc1)[C@H](C)N. The van der Waals surface area contributed by atoms with Crippen LogP contribution in [0.15, 0.2) is 30.3 Å². The largest absolute Gasteiger partial charge is 0.361 e. The van der Waals surface area contributed by atoms with Crippen LogP contribution in [0.5, 0.6) is 0 Å². The van der Waals surface area contributed by atoms with E-state index >= 15 is 0 Å². The number of benzene rings is 1. The Hall–Kier alpha value is -0.510. The van der Waals surface area contributed by atoms with Crippen LogP contribution < -0.4 is 5.73 Å². The Bertz CT molecular complexity index is 251. The summed E-state index contributed by atoms with van der Waals surface area (Å²) in [7, 11) is 0. The third-order valence-electron chi connectivity index (χ3n) is 1.97. The fourth-order valence-corrected chi connectivity index (χ4v) is 1.62. The first-order valence-corrected chi connectivity index (χ1v) is 6.06. The van der Waals surface area contributed by atoms with Gasteiger partial charge < -0.3 is 10.5 Å². The molecular weight excluding hydrogens is 194 g/mol. The third-order valence-corrected chi connectivity index (χ3v) is 2.34. The van der Waals surface area contributed by atoms with Crippen LogP contribution in [-0.2, 0) is 4.74 Å². The predicted molar refractivity (Wildman–Crippen MR) is 62.3 cm³/mol. The van der Waals surface area contributed by atoms with Crippen LogP contribution in [0.2, 0.25) is 0 Å². The minimum atomic E-state index is 0.00338. The van der Waals surface area contributed by atoms with Crippen molar-refractivity contribution in [3.8, 4) is 0 Å². The molecule has 14 heavy (non-hydrogen) atoms. The first kappa shape index (κ1) is 11.6. The Balaban J connectivity index is 2.68. The summed E-state index contributed by atoms with van der Waals surface area (Å²) in [5, 5.41) is 0. The van der Waals surface area contributed by atoms with Crippen molar-refractivity contribution in [1.29, 1.82) is 0 Å². The Kier molecular flexibility index (Phi) is 5.01. The Morgan fingerprint density at radius 2 is 2.00 bits per heavy atom. The Labute approximate surface area is 89.8 Å². The molecule has 2 nitrogen and oxygen atoms in total. The highest BCUT2D eigenvalue weighted by molar-refractivity contribution is 7.98. The molecular formula is C11H17NOS. The third kappa shape index (κ3) is 3.33. The lowest BCUT2D eigenvalue weighted by Gasteiger charge is -2.21. The quantitative estimate of drug-likeness (QED) is 0.760. The highest BCUT2D eigenvalue weighted by atomic mass is 32.2. The molecule has 0 bridgehead atoms. The predicted octanol–water partition coefficient (Wildman–Crippen LogP) is 2.41. The summed E-state index contributed by atoms with van der Waals surface area (Å²) in [5.41, 5.74) is 7.02. The van der Waals surface area contributed by atoms with Gasteiger partial charge in [0.1, 0.15) is 0 Å². The van der Waals surface area contributed by atoms with Crippen LogP contribution in [0.1, 0.15) is 18.6 Å². The zero-order valence-corrected chi connectivity index (χ0v) is 9.46. The smallest absolute Gasteiger partial charge is 0.0984 e. The molecule has 0 unspecified atom stereocenters. The standard InChI is InChI=1S/C11H17NOS/c1-9(12)11(13-8-14-2)10-6-4-3-5-7-10/h3-7,9,11H,8,12H2,1-2H3/t9-,11-/m0/s1. The average Bonchev–Trinajstić information content (AvgIpc) is 2.19. The monoisotopic (exact) mass is 211 g/mol. The minimum Gasteiger partial charge on any atom is -0.361 e. The molecule has 1 aromatic rings. The molecule has 0 saturated carbocycles. The molecule has 0 fully saturated rings. The van der Waals surface area contributed by atoms with Gasteiger partial charge in [0, 0.05) is 6.04 Å². The summed E-state index contributed by atoms with van der Waals surface area (Å²) in [6.07, 6.45) is 2.02. The number of nitrogens with two attached hydrogens (primary N) is 1. The second kappa shape index (κ2) is 6.06. The Morgan fingerprint density at radius 3 is 2.50 bits per heavy atom. The van der Waals surface area contributed by atoms with Crippen molar-refractivity contribution in [2.75, 3.05) is 12.2 Å². The van der Waals surface area contributed by atoms with Crippen molar-refractivity contribution in [3.63, 3.8) is 0 Å². The maximum Gasteiger partial charge on any atom is 0.0984 e. The van der Waals surface area contributed by atoms with Gasteiger partial charge in [-0.3, -0.25) is 0 Å². The van der Waals surface area contributed by atoms with Crippen LogP contribution >= 0.6 is 11.8 Å². The van der Waals surface area contributed by atoms with Crippen molar-refractivity contribution in [3.05, 3.63) is 35.9 Å².